The molecule has 0 radical (unpaired) electrons. The average Bonchev–Trinajstić information content (AvgIpc) is 2.81. The van der Waals surface area contributed by atoms with E-state index in [0.29, 0.717) is 23.0 Å². The van der Waals surface area contributed by atoms with E-state index in [9.17, 15) is 4.79 Å². The summed E-state index contributed by atoms with van der Waals surface area (Å²) in [5.74, 6) is 0.661. The maximum atomic E-state index is 12.1. The van der Waals surface area contributed by atoms with Crippen LogP contribution < -0.4 is 11.1 Å². The van der Waals surface area contributed by atoms with E-state index < -0.39 is 0 Å². The number of aromatic amines is 1. The Balaban J connectivity index is 2.18. The summed E-state index contributed by atoms with van der Waals surface area (Å²) >= 11 is 0. The summed E-state index contributed by atoms with van der Waals surface area (Å²) < 4.78 is 0. The SMILES string of the molecule is Cc1c(N)cccc1C(=O)Nc1cc(C(C)C)[nH]n1. The molecule has 19 heavy (non-hydrogen) atoms. The standard InChI is InChI=1S/C14H18N4O/c1-8(2)12-7-13(18-17-12)16-14(19)10-5-4-6-11(15)9(10)3/h4-8H,15H2,1-3H3,(H2,16,17,18,19). The van der Waals surface area contributed by atoms with Crippen molar-refractivity contribution in [2.75, 3.05) is 11.1 Å². The third-order valence-electron chi connectivity index (χ3n) is 3.08. The third kappa shape index (κ3) is 2.76. The summed E-state index contributed by atoms with van der Waals surface area (Å²) in [6.07, 6.45) is 0. The highest BCUT2D eigenvalue weighted by Gasteiger charge is 2.12. The summed E-state index contributed by atoms with van der Waals surface area (Å²) in [6, 6.07) is 7.13. The highest BCUT2D eigenvalue weighted by molar-refractivity contribution is 6.05. The Bertz CT molecular complexity index is 601. The Morgan fingerprint density at radius 2 is 2.16 bits per heavy atom. The maximum absolute atomic E-state index is 12.1. The number of hydrogen-bond acceptors (Lipinski definition) is 3. The number of rotatable bonds is 3. The van der Waals surface area contributed by atoms with Gasteiger partial charge in [-0.15, -0.1) is 0 Å². The molecule has 100 valence electrons. The van der Waals surface area contributed by atoms with Gasteiger partial charge in [-0.05, 0) is 30.5 Å². The number of benzene rings is 1. The fourth-order valence-corrected chi connectivity index (χ4v) is 1.78. The maximum Gasteiger partial charge on any atom is 0.257 e. The van der Waals surface area contributed by atoms with E-state index in [4.69, 9.17) is 5.73 Å². The fourth-order valence-electron chi connectivity index (χ4n) is 1.78. The molecule has 0 aliphatic carbocycles. The molecular formula is C14H18N4O. The molecule has 2 rings (SSSR count). The highest BCUT2D eigenvalue weighted by Crippen LogP contribution is 2.18. The second-order valence-corrected chi connectivity index (χ2v) is 4.84. The van der Waals surface area contributed by atoms with Gasteiger partial charge in [-0.1, -0.05) is 19.9 Å². The summed E-state index contributed by atoms with van der Waals surface area (Å²) in [7, 11) is 0. The molecule has 0 aliphatic rings. The van der Waals surface area contributed by atoms with E-state index in [1.165, 1.54) is 0 Å². The topological polar surface area (TPSA) is 83.8 Å². The minimum atomic E-state index is -0.202. The Kier molecular flexibility index (Phi) is 3.55. The first-order valence-electron chi connectivity index (χ1n) is 6.20. The lowest BCUT2D eigenvalue weighted by Gasteiger charge is -2.07. The van der Waals surface area contributed by atoms with E-state index in [-0.39, 0.29) is 5.91 Å². The lowest BCUT2D eigenvalue weighted by Crippen LogP contribution is -2.14. The van der Waals surface area contributed by atoms with Crippen molar-refractivity contribution in [2.24, 2.45) is 0 Å². The van der Waals surface area contributed by atoms with Gasteiger partial charge >= 0.3 is 0 Å². The number of anilines is 2. The number of amides is 1. The molecular weight excluding hydrogens is 240 g/mol. The van der Waals surface area contributed by atoms with Crippen molar-refractivity contribution in [3.63, 3.8) is 0 Å². The number of carbonyl (C=O) groups excluding carboxylic acids is 1. The van der Waals surface area contributed by atoms with Crippen LogP contribution in [0.4, 0.5) is 11.5 Å². The first-order chi connectivity index (χ1) is 8.99. The Hall–Kier alpha value is -2.30. The molecule has 0 saturated heterocycles. The van der Waals surface area contributed by atoms with Crippen LogP contribution in [-0.4, -0.2) is 16.1 Å². The largest absolute Gasteiger partial charge is 0.398 e. The number of nitrogens with zero attached hydrogens (tertiary/aromatic N) is 1. The highest BCUT2D eigenvalue weighted by atomic mass is 16.1. The normalized spacial score (nSPS) is 10.7. The Labute approximate surface area is 112 Å². The smallest absolute Gasteiger partial charge is 0.257 e. The Morgan fingerprint density at radius 3 is 2.79 bits per heavy atom. The molecule has 1 aromatic heterocycles. The van der Waals surface area contributed by atoms with Gasteiger partial charge in [0.05, 0.1) is 0 Å². The minimum Gasteiger partial charge on any atom is -0.398 e. The molecule has 0 unspecified atom stereocenters. The number of nitrogen functional groups attached to an aromatic ring is 1. The van der Waals surface area contributed by atoms with Crippen molar-refractivity contribution in [2.45, 2.75) is 26.7 Å². The van der Waals surface area contributed by atoms with Gasteiger partial charge in [0, 0.05) is 23.0 Å². The van der Waals surface area contributed by atoms with E-state index >= 15 is 0 Å². The van der Waals surface area contributed by atoms with Crippen LogP contribution in [0.25, 0.3) is 0 Å². The predicted octanol–water partition coefficient (Wildman–Crippen LogP) is 2.68. The van der Waals surface area contributed by atoms with Gasteiger partial charge in [0.1, 0.15) is 0 Å². The van der Waals surface area contributed by atoms with Gasteiger partial charge in [-0.3, -0.25) is 9.89 Å². The fraction of sp³-hybridized carbons (Fsp3) is 0.286. The zero-order valence-corrected chi connectivity index (χ0v) is 11.3. The van der Waals surface area contributed by atoms with E-state index in [0.717, 1.165) is 11.3 Å². The first-order valence-corrected chi connectivity index (χ1v) is 6.20. The van der Waals surface area contributed by atoms with Gasteiger partial charge in [0.25, 0.3) is 5.91 Å². The van der Waals surface area contributed by atoms with E-state index in [1.54, 1.807) is 18.2 Å². The number of hydrogen-bond donors (Lipinski definition) is 3. The Morgan fingerprint density at radius 1 is 1.42 bits per heavy atom. The van der Waals surface area contributed by atoms with Crippen LogP contribution in [0.1, 0.15) is 41.4 Å². The van der Waals surface area contributed by atoms with E-state index in [1.807, 2.05) is 13.0 Å². The van der Waals surface area contributed by atoms with Crippen LogP contribution in [-0.2, 0) is 0 Å². The molecule has 0 spiro atoms. The lowest BCUT2D eigenvalue weighted by molar-refractivity contribution is 0.102. The van der Waals surface area contributed by atoms with Gasteiger partial charge < -0.3 is 11.1 Å². The van der Waals surface area contributed by atoms with E-state index in [2.05, 4.69) is 29.4 Å². The number of aromatic nitrogens is 2. The van der Waals surface area contributed by atoms with Crippen LogP contribution in [0.5, 0.6) is 0 Å². The molecule has 0 fully saturated rings. The molecule has 0 aliphatic heterocycles. The molecule has 0 bridgehead atoms. The quantitative estimate of drug-likeness (QED) is 0.740. The summed E-state index contributed by atoms with van der Waals surface area (Å²) in [5, 5.41) is 9.73. The average molecular weight is 258 g/mol. The third-order valence-corrected chi connectivity index (χ3v) is 3.08. The van der Waals surface area contributed by atoms with Gasteiger partial charge in [0.2, 0.25) is 0 Å². The van der Waals surface area contributed by atoms with Crippen LogP contribution in [0, 0.1) is 6.92 Å². The van der Waals surface area contributed by atoms with Crippen molar-refractivity contribution in [1.29, 1.82) is 0 Å². The molecule has 4 N–H and O–H groups in total. The van der Waals surface area contributed by atoms with Gasteiger partial charge in [-0.2, -0.15) is 5.10 Å². The van der Waals surface area contributed by atoms with Crippen molar-refractivity contribution in [3.05, 3.63) is 41.1 Å². The molecule has 5 nitrogen and oxygen atoms in total. The molecule has 1 heterocycles. The lowest BCUT2D eigenvalue weighted by atomic mass is 10.1. The molecule has 1 amide bonds. The molecule has 2 aromatic rings. The van der Waals surface area contributed by atoms with Gasteiger partial charge in [0.15, 0.2) is 5.82 Å². The molecule has 5 heteroatoms. The predicted molar refractivity (Wildman–Crippen MR) is 76.2 cm³/mol. The zero-order chi connectivity index (χ0) is 14.0. The zero-order valence-electron chi connectivity index (χ0n) is 11.3. The summed E-state index contributed by atoms with van der Waals surface area (Å²) in [4.78, 5) is 12.1. The number of nitrogens with two attached hydrogens (primary N) is 1. The van der Waals surface area contributed by atoms with Crippen LogP contribution >= 0.6 is 0 Å². The minimum absolute atomic E-state index is 0.202. The number of carbonyl (C=O) groups is 1. The molecule has 1 aromatic carbocycles. The van der Waals surface area contributed by atoms with Crippen molar-refractivity contribution in [3.8, 4) is 0 Å². The second kappa shape index (κ2) is 5.14. The van der Waals surface area contributed by atoms with Crippen molar-refractivity contribution in [1.82, 2.24) is 10.2 Å². The van der Waals surface area contributed by atoms with Crippen molar-refractivity contribution >= 4 is 17.4 Å². The first kappa shape index (κ1) is 13.1. The van der Waals surface area contributed by atoms with Crippen LogP contribution in [0.15, 0.2) is 24.3 Å². The number of nitrogens with one attached hydrogen (secondary N) is 2. The van der Waals surface area contributed by atoms with Crippen molar-refractivity contribution < 1.29 is 4.79 Å². The summed E-state index contributed by atoms with van der Waals surface area (Å²) in [6.45, 7) is 5.94. The summed E-state index contributed by atoms with van der Waals surface area (Å²) in [5.41, 5.74) is 8.73. The second-order valence-electron chi connectivity index (χ2n) is 4.84. The monoisotopic (exact) mass is 258 g/mol. The van der Waals surface area contributed by atoms with Crippen LogP contribution in [0.3, 0.4) is 0 Å². The van der Waals surface area contributed by atoms with Crippen LogP contribution in [0.2, 0.25) is 0 Å². The van der Waals surface area contributed by atoms with Gasteiger partial charge in [-0.25, -0.2) is 0 Å². The molecule has 0 saturated carbocycles. The number of H-pyrrole nitrogens is 1. The molecule has 0 atom stereocenters.